The Hall–Kier alpha value is -5.82. The lowest BCUT2D eigenvalue weighted by atomic mass is 10.1. The molecule has 0 unspecified atom stereocenters. The Labute approximate surface area is 173 Å². The molecule has 0 aliphatic heterocycles. The van der Waals surface area contributed by atoms with Crippen LogP contribution in [0.4, 0.5) is 0 Å². The van der Waals surface area contributed by atoms with Crippen LogP contribution in [0.3, 0.4) is 0 Å². The number of aromatic nitrogens is 6. The van der Waals surface area contributed by atoms with Crippen molar-refractivity contribution < 1.29 is 0 Å². The molecule has 1 aliphatic rings. The summed E-state index contributed by atoms with van der Waals surface area (Å²) in [6.07, 6.45) is -0.0761. The van der Waals surface area contributed by atoms with Crippen LogP contribution in [0, 0.1) is 68.0 Å². The first-order chi connectivity index (χ1) is 15.1. The molecule has 3 heterocycles. The van der Waals surface area contributed by atoms with Gasteiger partial charge in [0, 0.05) is 6.42 Å². The van der Waals surface area contributed by atoms with Gasteiger partial charge < -0.3 is 0 Å². The van der Waals surface area contributed by atoms with Crippen molar-refractivity contribution in [3.63, 3.8) is 0 Å². The monoisotopic (exact) mass is 398 g/mol. The predicted octanol–water partition coefficient (Wildman–Crippen LogP) is 0.525. The average molecular weight is 398 g/mol. The molecule has 0 bridgehead atoms. The van der Waals surface area contributed by atoms with Crippen molar-refractivity contribution in [2.24, 2.45) is 0 Å². The fourth-order valence-electron chi connectivity index (χ4n) is 2.96. The minimum Gasteiger partial charge on any atom is -0.236 e. The minimum absolute atomic E-state index is 0.0133. The smallest absolute Gasteiger partial charge is 0.177 e. The van der Waals surface area contributed by atoms with Gasteiger partial charge in [0.2, 0.25) is 0 Å². The van der Waals surface area contributed by atoms with Crippen molar-refractivity contribution in [1.82, 2.24) is 29.9 Å². The molecule has 3 aromatic rings. The van der Waals surface area contributed by atoms with Crippen molar-refractivity contribution in [1.29, 1.82) is 31.6 Å². The molecule has 0 spiro atoms. The molecule has 0 saturated carbocycles. The predicted molar refractivity (Wildman–Crippen MR) is 95.2 cm³/mol. The van der Waals surface area contributed by atoms with E-state index < -0.39 is 0 Å². The second-order valence-electron chi connectivity index (χ2n) is 5.90. The highest BCUT2D eigenvalue weighted by atomic mass is 15.0. The van der Waals surface area contributed by atoms with Crippen LogP contribution in [0.5, 0.6) is 0 Å². The molecule has 0 fully saturated rings. The molecular weight excluding hydrogens is 396 g/mol. The zero-order valence-electron chi connectivity index (χ0n) is 15.1. The van der Waals surface area contributed by atoms with Crippen LogP contribution in [0.25, 0.3) is 22.8 Å². The van der Waals surface area contributed by atoms with Crippen LogP contribution in [0.1, 0.15) is 45.6 Å². The van der Waals surface area contributed by atoms with Crippen molar-refractivity contribution >= 4 is 0 Å². The Morgan fingerprint density at radius 2 is 0.645 bits per heavy atom. The van der Waals surface area contributed by atoms with Gasteiger partial charge in [-0.3, -0.25) is 0 Å². The second-order valence-corrected chi connectivity index (χ2v) is 5.90. The summed E-state index contributed by atoms with van der Waals surface area (Å²) in [5.41, 5.74) is -1.12. The number of rotatable bonds is 0. The largest absolute Gasteiger partial charge is 0.236 e. The lowest BCUT2D eigenvalue weighted by Crippen LogP contribution is -2.06. The molecule has 0 atom stereocenters. The molecule has 12 heteroatoms. The molecular formula is C19H2N12. The molecule has 0 saturated heterocycles. The third-order valence-electron chi connectivity index (χ3n) is 4.25. The van der Waals surface area contributed by atoms with Crippen molar-refractivity contribution in [3.05, 3.63) is 45.6 Å². The fourth-order valence-corrected chi connectivity index (χ4v) is 2.96. The van der Waals surface area contributed by atoms with Crippen molar-refractivity contribution in [2.75, 3.05) is 0 Å². The van der Waals surface area contributed by atoms with E-state index >= 15 is 0 Å². The van der Waals surface area contributed by atoms with E-state index in [9.17, 15) is 31.6 Å². The van der Waals surface area contributed by atoms with E-state index in [0.717, 1.165) is 0 Å². The molecule has 12 nitrogen and oxygen atoms in total. The third-order valence-corrected chi connectivity index (χ3v) is 4.25. The van der Waals surface area contributed by atoms with Crippen LogP contribution >= 0.6 is 0 Å². The number of hydrogen-bond acceptors (Lipinski definition) is 12. The zero-order valence-corrected chi connectivity index (χ0v) is 15.1. The van der Waals surface area contributed by atoms with E-state index in [1.165, 1.54) is 0 Å². The van der Waals surface area contributed by atoms with Crippen LogP contribution in [-0.2, 0) is 6.42 Å². The maximum absolute atomic E-state index is 9.36. The van der Waals surface area contributed by atoms with E-state index in [2.05, 4.69) is 29.9 Å². The van der Waals surface area contributed by atoms with Crippen molar-refractivity contribution in [3.8, 4) is 59.2 Å². The van der Waals surface area contributed by atoms with Gasteiger partial charge in [-0.1, -0.05) is 0 Å². The molecule has 138 valence electrons. The van der Waals surface area contributed by atoms with Gasteiger partial charge in [0.05, 0.1) is 11.4 Å². The Bertz CT molecular complexity index is 1460. The quantitative estimate of drug-likeness (QED) is 0.395. The van der Waals surface area contributed by atoms with Gasteiger partial charge in [-0.2, -0.15) is 31.6 Å². The summed E-state index contributed by atoms with van der Waals surface area (Å²) < 4.78 is 0. The Kier molecular flexibility index (Phi) is 4.17. The summed E-state index contributed by atoms with van der Waals surface area (Å²) in [5, 5.41) is 56.0. The van der Waals surface area contributed by atoms with Crippen molar-refractivity contribution in [2.45, 2.75) is 6.42 Å². The van der Waals surface area contributed by atoms with Gasteiger partial charge in [0.1, 0.15) is 59.2 Å². The number of nitrogens with zero attached hydrogens (tertiary/aromatic N) is 12. The van der Waals surface area contributed by atoms with E-state index in [1.54, 1.807) is 36.4 Å². The normalized spacial score (nSPS) is 10.3. The SMILES string of the molecule is N#Cc1nc2c(nc1C#N)-c1nc(C#N)c(C#N)nc1-c1nc(C#N)c(C#N)nc1C2. The number of hydrogen-bond donors (Lipinski definition) is 0. The van der Waals surface area contributed by atoms with Crippen LogP contribution in [-0.4, -0.2) is 29.9 Å². The third kappa shape index (κ3) is 2.72. The van der Waals surface area contributed by atoms with E-state index in [1.807, 2.05) is 0 Å². The molecule has 3 aromatic heterocycles. The summed E-state index contributed by atoms with van der Waals surface area (Å²) in [6, 6.07) is 10.7. The summed E-state index contributed by atoms with van der Waals surface area (Å²) in [4.78, 5) is 25.1. The van der Waals surface area contributed by atoms with Gasteiger partial charge in [0.25, 0.3) is 0 Å². The molecule has 0 radical (unpaired) electrons. The minimum atomic E-state index is -0.289. The first kappa shape index (κ1) is 18.5. The molecule has 1 aliphatic carbocycles. The first-order valence-corrected chi connectivity index (χ1v) is 8.23. The van der Waals surface area contributed by atoms with Gasteiger partial charge >= 0.3 is 0 Å². The molecule has 4 rings (SSSR count). The molecule has 31 heavy (non-hydrogen) atoms. The van der Waals surface area contributed by atoms with Crippen LogP contribution in [0.2, 0.25) is 0 Å². The Balaban J connectivity index is 2.21. The van der Waals surface area contributed by atoms with E-state index in [-0.39, 0.29) is 74.7 Å². The molecule has 0 aromatic carbocycles. The second kappa shape index (κ2) is 6.97. The summed E-state index contributed by atoms with van der Waals surface area (Å²) in [6.45, 7) is 0. The highest BCUT2D eigenvalue weighted by molar-refractivity contribution is 5.80. The van der Waals surface area contributed by atoms with Crippen LogP contribution < -0.4 is 0 Å². The van der Waals surface area contributed by atoms with Crippen LogP contribution in [0.15, 0.2) is 0 Å². The average Bonchev–Trinajstić information content (AvgIpc) is 2.94. The summed E-state index contributed by atoms with van der Waals surface area (Å²) >= 11 is 0. The number of nitriles is 6. The highest BCUT2D eigenvalue weighted by Crippen LogP contribution is 2.36. The van der Waals surface area contributed by atoms with Gasteiger partial charge in [-0.05, 0) is 0 Å². The lowest BCUT2D eigenvalue weighted by molar-refractivity contribution is 0.958. The molecule has 0 N–H and O–H groups in total. The van der Waals surface area contributed by atoms with Gasteiger partial charge in [0.15, 0.2) is 34.2 Å². The maximum Gasteiger partial charge on any atom is 0.177 e. The molecule has 0 amide bonds. The fraction of sp³-hybridized carbons (Fsp3) is 0.0526. The van der Waals surface area contributed by atoms with E-state index in [0.29, 0.717) is 0 Å². The van der Waals surface area contributed by atoms with Gasteiger partial charge in [-0.15, -0.1) is 0 Å². The van der Waals surface area contributed by atoms with Gasteiger partial charge in [-0.25, -0.2) is 29.9 Å². The summed E-state index contributed by atoms with van der Waals surface area (Å²) in [5.74, 6) is 0. The zero-order chi connectivity index (χ0) is 22.1. The van der Waals surface area contributed by atoms with E-state index in [4.69, 9.17) is 0 Å². The first-order valence-electron chi connectivity index (χ1n) is 8.23. The lowest BCUT2D eigenvalue weighted by Gasteiger charge is -2.09. The Morgan fingerprint density at radius 1 is 0.387 bits per heavy atom. The Morgan fingerprint density at radius 3 is 0.935 bits per heavy atom. The highest BCUT2D eigenvalue weighted by Gasteiger charge is 2.30. The topological polar surface area (TPSA) is 220 Å². The summed E-state index contributed by atoms with van der Waals surface area (Å²) in [7, 11) is 0. The maximum atomic E-state index is 9.36. The number of fused-ring (bicyclic) bond motifs is 5. The standard InChI is InChI=1S/C19H2N12/c20-2-10-12(4-22)28-16-8(26-10)1-9-17(29-13(5-23)11(3-21)27-9)19-18(16)30-14(6-24)15(7-25)31-19/h1H2.